The van der Waals surface area contributed by atoms with Crippen LogP contribution in [0.25, 0.3) is 0 Å². The van der Waals surface area contributed by atoms with Crippen molar-refractivity contribution in [2.75, 3.05) is 26.2 Å². The van der Waals surface area contributed by atoms with E-state index >= 15 is 0 Å². The van der Waals surface area contributed by atoms with E-state index in [9.17, 15) is 9.59 Å². The van der Waals surface area contributed by atoms with Gasteiger partial charge in [0.25, 0.3) is 5.91 Å². The quantitative estimate of drug-likeness (QED) is 0.801. The van der Waals surface area contributed by atoms with E-state index in [2.05, 4.69) is 23.1 Å². The number of amides is 2. The standard InChI is InChI=1S/C24H26N4O2/c25-13-18-8-4-10-19(12-18)24(30)28-15-20-14-27(22(23(26)29)21(20)16-28)11-5-9-17-6-2-1-3-7-17/h1-4,6-8,10,12,20-22H,5,9,11,14-16H2,(H2,26,29)/t20?,21-,22?/m1/s1. The number of nitrogens with zero attached hydrogens (tertiary/aromatic N) is 3. The van der Waals surface area contributed by atoms with Gasteiger partial charge in [0.15, 0.2) is 0 Å². The molecule has 0 bridgehead atoms. The number of nitrogens with two attached hydrogens (primary N) is 1. The molecule has 3 atom stereocenters. The predicted octanol–water partition coefficient (Wildman–Crippen LogP) is 2.05. The Morgan fingerprint density at radius 3 is 2.60 bits per heavy atom. The molecule has 2 heterocycles. The highest BCUT2D eigenvalue weighted by Gasteiger charge is 2.50. The van der Waals surface area contributed by atoms with E-state index in [0.29, 0.717) is 24.2 Å². The summed E-state index contributed by atoms with van der Waals surface area (Å²) in [7, 11) is 0. The van der Waals surface area contributed by atoms with Crippen LogP contribution in [0.2, 0.25) is 0 Å². The molecule has 30 heavy (non-hydrogen) atoms. The molecule has 2 aliphatic rings. The highest BCUT2D eigenvalue weighted by atomic mass is 16.2. The van der Waals surface area contributed by atoms with Crippen molar-refractivity contribution in [3.8, 4) is 6.07 Å². The summed E-state index contributed by atoms with van der Waals surface area (Å²) >= 11 is 0. The Kier molecular flexibility index (Phi) is 5.82. The van der Waals surface area contributed by atoms with Crippen molar-refractivity contribution >= 4 is 11.8 Å². The molecule has 0 spiro atoms. The molecule has 154 valence electrons. The van der Waals surface area contributed by atoms with Crippen molar-refractivity contribution in [1.29, 1.82) is 5.26 Å². The van der Waals surface area contributed by atoms with Crippen LogP contribution in [0.1, 0.15) is 27.9 Å². The number of fused-ring (bicyclic) bond motifs is 1. The lowest BCUT2D eigenvalue weighted by Crippen LogP contribution is -2.46. The molecule has 6 heteroatoms. The molecule has 4 rings (SSSR count). The minimum absolute atomic E-state index is 0.0716. The number of hydrogen-bond acceptors (Lipinski definition) is 4. The van der Waals surface area contributed by atoms with Crippen LogP contribution in [-0.4, -0.2) is 53.8 Å². The zero-order valence-corrected chi connectivity index (χ0v) is 16.9. The zero-order valence-electron chi connectivity index (χ0n) is 16.9. The van der Waals surface area contributed by atoms with Gasteiger partial charge >= 0.3 is 0 Å². The second-order valence-corrected chi connectivity index (χ2v) is 8.26. The number of aryl methyl sites for hydroxylation is 1. The fraction of sp³-hybridized carbons (Fsp3) is 0.375. The van der Waals surface area contributed by atoms with Crippen LogP contribution in [0.4, 0.5) is 0 Å². The van der Waals surface area contributed by atoms with Crippen molar-refractivity contribution in [2.24, 2.45) is 17.6 Å². The monoisotopic (exact) mass is 402 g/mol. The molecule has 2 amide bonds. The number of likely N-dealkylation sites (tertiary alicyclic amines) is 2. The van der Waals surface area contributed by atoms with Gasteiger partial charge in [-0.1, -0.05) is 36.4 Å². The van der Waals surface area contributed by atoms with Gasteiger partial charge < -0.3 is 10.6 Å². The third-order valence-electron chi connectivity index (χ3n) is 6.33. The lowest BCUT2D eigenvalue weighted by molar-refractivity contribution is -0.123. The van der Waals surface area contributed by atoms with E-state index in [1.807, 2.05) is 23.1 Å². The maximum absolute atomic E-state index is 12.9. The van der Waals surface area contributed by atoms with Crippen LogP contribution < -0.4 is 5.73 Å². The van der Waals surface area contributed by atoms with E-state index < -0.39 is 0 Å². The van der Waals surface area contributed by atoms with E-state index in [-0.39, 0.29) is 29.7 Å². The number of rotatable bonds is 6. The average Bonchev–Trinajstić information content (AvgIpc) is 3.31. The van der Waals surface area contributed by atoms with Crippen LogP contribution in [0.3, 0.4) is 0 Å². The molecule has 2 N–H and O–H groups in total. The molecule has 2 saturated heterocycles. The summed E-state index contributed by atoms with van der Waals surface area (Å²) in [5.41, 5.74) is 8.06. The van der Waals surface area contributed by atoms with E-state index in [1.54, 1.807) is 24.3 Å². The van der Waals surface area contributed by atoms with Gasteiger partial charge in [0.05, 0.1) is 17.7 Å². The zero-order chi connectivity index (χ0) is 21.1. The number of carbonyl (C=O) groups is 2. The van der Waals surface area contributed by atoms with Gasteiger partial charge in [-0.3, -0.25) is 14.5 Å². The number of hydrogen-bond donors (Lipinski definition) is 1. The van der Waals surface area contributed by atoms with Crippen LogP contribution in [0, 0.1) is 23.2 Å². The molecular weight excluding hydrogens is 376 g/mol. The molecule has 2 fully saturated rings. The molecule has 0 aliphatic carbocycles. The molecule has 2 aliphatic heterocycles. The smallest absolute Gasteiger partial charge is 0.253 e. The second kappa shape index (κ2) is 8.68. The van der Waals surface area contributed by atoms with Crippen molar-refractivity contribution in [3.63, 3.8) is 0 Å². The third kappa shape index (κ3) is 4.07. The minimum Gasteiger partial charge on any atom is -0.368 e. The molecule has 6 nitrogen and oxygen atoms in total. The molecule has 2 aromatic carbocycles. The Hall–Kier alpha value is -3.17. The summed E-state index contributed by atoms with van der Waals surface area (Å²) in [6.07, 6.45) is 1.94. The molecular formula is C24H26N4O2. The highest BCUT2D eigenvalue weighted by molar-refractivity contribution is 5.95. The molecule has 0 saturated carbocycles. The summed E-state index contributed by atoms with van der Waals surface area (Å²) in [5.74, 6) is -0.0621. The SMILES string of the molecule is N#Cc1cccc(C(=O)N2CC3CN(CCCc4ccccc4)C(C(N)=O)[C@@H]3C2)c1. The van der Waals surface area contributed by atoms with Gasteiger partial charge in [0, 0.05) is 31.1 Å². The molecule has 2 unspecified atom stereocenters. The van der Waals surface area contributed by atoms with E-state index in [4.69, 9.17) is 11.0 Å². The van der Waals surface area contributed by atoms with Crippen molar-refractivity contribution in [1.82, 2.24) is 9.80 Å². The summed E-state index contributed by atoms with van der Waals surface area (Å²) in [5, 5.41) is 9.08. The topological polar surface area (TPSA) is 90.4 Å². The lowest BCUT2D eigenvalue weighted by Gasteiger charge is -2.27. The highest BCUT2D eigenvalue weighted by Crippen LogP contribution is 2.37. The van der Waals surface area contributed by atoms with Crippen molar-refractivity contribution in [3.05, 3.63) is 71.3 Å². The average molecular weight is 402 g/mol. The Morgan fingerprint density at radius 1 is 1.07 bits per heavy atom. The Morgan fingerprint density at radius 2 is 1.87 bits per heavy atom. The number of primary amides is 1. The van der Waals surface area contributed by atoms with Gasteiger partial charge in [0.2, 0.25) is 5.91 Å². The number of carbonyl (C=O) groups excluding carboxylic acids is 2. The summed E-state index contributed by atoms with van der Waals surface area (Å²) < 4.78 is 0. The largest absolute Gasteiger partial charge is 0.368 e. The Bertz CT molecular complexity index is 969. The van der Waals surface area contributed by atoms with Crippen molar-refractivity contribution in [2.45, 2.75) is 18.9 Å². The van der Waals surface area contributed by atoms with Gasteiger partial charge in [-0.2, -0.15) is 5.26 Å². The normalized spacial score (nSPS) is 23.2. The first kappa shape index (κ1) is 20.1. The summed E-state index contributed by atoms with van der Waals surface area (Å²) in [4.78, 5) is 29.2. The predicted molar refractivity (Wildman–Crippen MR) is 113 cm³/mol. The number of nitriles is 1. The first-order chi connectivity index (χ1) is 14.6. The minimum atomic E-state index is -0.325. The molecule has 2 aromatic rings. The van der Waals surface area contributed by atoms with E-state index in [1.165, 1.54) is 5.56 Å². The van der Waals surface area contributed by atoms with Crippen LogP contribution in [0.15, 0.2) is 54.6 Å². The van der Waals surface area contributed by atoms with Crippen LogP contribution in [0.5, 0.6) is 0 Å². The van der Waals surface area contributed by atoms with Crippen LogP contribution >= 0.6 is 0 Å². The molecule has 0 aromatic heterocycles. The maximum Gasteiger partial charge on any atom is 0.253 e. The first-order valence-electron chi connectivity index (χ1n) is 10.4. The van der Waals surface area contributed by atoms with Crippen LogP contribution in [-0.2, 0) is 11.2 Å². The Labute approximate surface area is 176 Å². The summed E-state index contributed by atoms with van der Waals surface area (Å²) in [6, 6.07) is 18.9. The van der Waals surface area contributed by atoms with Gasteiger partial charge in [-0.25, -0.2) is 0 Å². The first-order valence-corrected chi connectivity index (χ1v) is 10.4. The second-order valence-electron chi connectivity index (χ2n) is 8.26. The fourth-order valence-electron chi connectivity index (χ4n) is 4.96. The van der Waals surface area contributed by atoms with Gasteiger partial charge in [0.1, 0.15) is 0 Å². The Balaban J connectivity index is 1.39. The van der Waals surface area contributed by atoms with E-state index in [0.717, 1.165) is 25.9 Å². The third-order valence-corrected chi connectivity index (χ3v) is 6.33. The van der Waals surface area contributed by atoms with Gasteiger partial charge in [-0.15, -0.1) is 0 Å². The van der Waals surface area contributed by atoms with Gasteiger partial charge in [-0.05, 0) is 49.1 Å². The fourth-order valence-corrected chi connectivity index (χ4v) is 4.96. The lowest BCUT2D eigenvalue weighted by atomic mass is 9.94. The van der Waals surface area contributed by atoms with Crippen molar-refractivity contribution < 1.29 is 9.59 Å². The molecule has 0 radical (unpaired) electrons. The maximum atomic E-state index is 12.9. The number of benzene rings is 2. The summed E-state index contributed by atoms with van der Waals surface area (Å²) in [6.45, 7) is 2.77.